The Morgan fingerprint density at radius 3 is 2.83 bits per heavy atom. The van der Waals surface area contributed by atoms with Gasteiger partial charge in [-0.1, -0.05) is 0 Å². The molecule has 1 aromatic rings. The Labute approximate surface area is 142 Å². The van der Waals surface area contributed by atoms with Crippen LogP contribution in [0.5, 0.6) is 0 Å². The van der Waals surface area contributed by atoms with Crippen molar-refractivity contribution in [2.45, 2.75) is 24.9 Å². The smallest absolute Gasteiger partial charge is 0.318 e. The van der Waals surface area contributed by atoms with Gasteiger partial charge in [0.05, 0.1) is 36.4 Å². The van der Waals surface area contributed by atoms with Crippen molar-refractivity contribution >= 4 is 15.9 Å². The van der Waals surface area contributed by atoms with E-state index in [1.54, 1.807) is 36.1 Å². The van der Waals surface area contributed by atoms with Crippen LogP contribution in [-0.4, -0.2) is 66.9 Å². The average Bonchev–Trinajstić information content (AvgIpc) is 3.27. The highest BCUT2D eigenvalue weighted by atomic mass is 32.2. The number of amides is 2. The number of nitrogens with zero attached hydrogens (tertiary/aromatic N) is 3. The minimum Gasteiger partial charge on any atom is -0.383 e. The minimum absolute atomic E-state index is 0.00441. The Kier molecular flexibility index (Phi) is 4.82. The zero-order valence-electron chi connectivity index (χ0n) is 14.0. The van der Waals surface area contributed by atoms with Gasteiger partial charge in [-0.3, -0.25) is 4.68 Å². The summed E-state index contributed by atoms with van der Waals surface area (Å²) in [5, 5.41) is 7.13. The van der Waals surface area contributed by atoms with Gasteiger partial charge in [-0.2, -0.15) is 5.10 Å². The number of carbonyl (C=O) groups excluding carboxylic acids is 1. The van der Waals surface area contributed by atoms with Gasteiger partial charge in [-0.15, -0.1) is 0 Å². The van der Waals surface area contributed by atoms with Crippen molar-refractivity contribution in [3.63, 3.8) is 0 Å². The fourth-order valence-electron chi connectivity index (χ4n) is 3.15. The van der Waals surface area contributed by atoms with Crippen molar-refractivity contribution in [2.24, 2.45) is 13.0 Å². The van der Waals surface area contributed by atoms with E-state index in [2.05, 4.69) is 10.4 Å². The van der Waals surface area contributed by atoms with Crippen LogP contribution in [0.3, 0.4) is 0 Å². The van der Waals surface area contributed by atoms with Crippen molar-refractivity contribution in [3.8, 4) is 0 Å². The van der Waals surface area contributed by atoms with Crippen LogP contribution in [0.25, 0.3) is 0 Å². The molecule has 0 bridgehead atoms. The first-order valence-electron chi connectivity index (χ1n) is 8.14. The van der Waals surface area contributed by atoms with Crippen molar-refractivity contribution in [3.05, 3.63) is 18.0 Å². The van der Waals surface area contributed by atoms with E-state index in [1.165, 1.54) is 0 Å². The molecular formula is C15H24N4O4S. The summed E-state index contributed by atoms with van der Waals surface area (Å²) in [6.07, 6.45) is 5.57. The number of aryl methyl sites for hydroxylation is 1. The van der Waals surface area contributed by atoms with Gasteiger partial charge >= 0.3 is 6.03 Å². The third-order valence-electron chi connectivity index (χ3n) is 4.65. The van der Waals surface area contributed by atoms with Crippen LogP contribution in [0, 0.1) is 5.92 Å². The monoisotopic (exact) mass is 356 g/mol. The quantitative estimate of drug-likeness (QED) is 0.820. The van der Waals surface area contributed by atoms with Crippen molar-refractivity contribution < 1.29 is 17.9 Å². The fraction of sp³-hybridized carbons (Fsp3) is 0.733. The number of nitrogens with one attached hydrogen (secondary N) is 1. The molecule has 2 fully saturated rings. The van der Waals surface area contributed by atoms with Gasteiger partial charge in [0.25, 0.3) is 0 Å². The third-order valence-corrected chi connectivity index (χ3v) is 6.28. The van der Waals surface area contributed by atoms with Crippen LogP contribution in [-0.2, 0) is 21.6 Å². The van der Waals surface area contributed by atoms with Gasteiger partial charge in [-0.05, 0) is 18.8 Å². The molecule has 134 valence electrons. The second kappa shape index (κ2) is 6.72. The maximum atomic E-state index is 12.8. The Hall–Kier alpha value is -1.61. The van der Waals surface area contributed by atoms with Gasteiger partial charge in [0, 0.05) is 32.5 Å². The molecule has 0 aromatic carbocycles. The van der Waals surface area contributed by atoms with Crippen LogP contribution < -0.4 is 5.32 Å². The molecule has 24 heavy (non-hydrogen) atoms. The van der Waals surface area contributed by atoms with Crippen molar-refractivity contribution in [1.29, 1.82) is 0 Å². The lowest BCUT2D eigenvalue weighted by molar-refractivity contribution is 0.141. The van der Waals surface area contributed by atoms with Gasteiger partial charge in [-0.25, -0.2) is 13.2 Å². The van der Waals surface area contributed by atoms with Gasteiger partial charge < -0.3 is 15.0 Å². The average molecular weight is 356 g/mol. The summed E-state index contributed by atoms with van der Waals surface area (Å²) in [7, 11) is 0.226. The molecule has 0 radical (unpaired) electrons. The number of aromatic nitrogens is 2. The maximum absolute atomic E-state index is 12.8. The van der Waals surface area contributed by atoms with E-state index in [9.17, 15) is 13.2 Å². The second-order valence-electron chi connectivity index (χ2n) is 6.62. The first-order chi connectivity index (χ1) is 11.4. The lowest BCUT2D eigenvalue weighted by atomic mass is 10.1. The molecule has 2 unspecified atom stereocenters. The third kappa shape index (κ3) is 3.89. The van der Waals surface area contributed by atoms with E-state index in [0.717, 1.165) is 18.4 Å². The fourth-order valence-corrected chi connectivity index (χ4v) is 4.65. The van der Waals surface area contributed by atoms with E-state index in [0.29, 0.717) is 12.5 Å². The summed E-state index contributed by atoms with van der Waals surface area (Å²) >= 11 is 0. The molecule has 8 nitrogen and oxygen atoms in total. The molecule has 2 aliphatic rings. The second-order valence-corrected chi connectivity index (χ2v) is 8.85. The number of urea groups is 1. The molecule has 1 aliphatic heterocycles. The summed E-state index contributed by atoms with van der Waals surface area (Å²) in [6, 6.07) is -0.747. The van der Waals surface area contributed by atoms with E-state index in [1.807, 2.05) is 0 Å². The van der Waals surface area contributed by atoms with E-state index in [-0.39, 0.29) is 30.1 Å². The number of methoxy groups -OCH3 is 1. The minimum atomic E-state index is -3.16. The molecule has 2 atom stereocenters. The first kappa shape index (κ1) is 17.2. The van der Waals surface area contributed by atoms with Crippen LogP contribution >= 0.6 is 0 Å². The summed E-state index contributed by atoms with van der Waals surface area (Å²) in [5.41, 5.74) is 0.741. The van der Waals surface area contributed by atoms with Crippen LogP contribution in [0.1, 0.15) is 24.4 Å². The summed E-state index contributed by atoms with van der Waals surface area (Å²) in [4.78, 5) is 14.4. The molecule has 1 aliphatic carbocycles. The van der Waals surface area contributed by atoms with Gasteiger partial charge in [0.2, 0.25) is 0 Å². The topological polar surface area (TPSA) is 93.5 Å². The molecule has 9 heteroatoms. The molecule has 1 saturated carbocycles. The lowest BCUT2D eigenvalue weighted by Crippen LogP contribution is -2.53. The summed E-state index contributed by atoms with van der Waals surface area (Å²) < 4.78 is 30.9. The number of hydrogen-bond donors (Lipinski definition) is 1. The molecule has 1 aromatic heterocycles. The first-order valence-corrected chi connectivity index (χ1v) is 9.97. The highest BCUT2D eigenvalue weighted by Gasteiger charge is 2.38. The zero-order chi connectivity index (χ0) is 17.3. The molecule has 0 spiro atoms. The predicted octanol–water partition coefficient (Wildman–Crippen LogP) is 0.326. The van der Waals surface area contributed by atoms with E-state index >= 15 is 0 Å². The molecule has 1 N–H and O–H groups in total. The molecule has 3 rings (SSSR count). The largest absolute Gasteiger partial charge is 0.383 e. The molecule has 2 amide bonds. The number of rotatable bonds is 5. The molecule has 2 heterocycles. The number of sulfone groups is 1. The van der Waals surface area contributed by atoms with Crippen molar-refractivity contribution in [2.75, 3.05) is 31.8 Å². The Morgan fingerprint density at radius 1 is 1.50 bits per heavy atom. The Balaban J connectivity index is 1.77. The number of carbonyl (C=O) groups is 1. The van der Waals surface area contributed by atoms with Gasteiger partial charge in [0.1, 0.15) is 0 Å². The lowest BCUT2D eigenvalue weighted by Gasteiger charge is -2.36. The SMILES string of the molecule is COCC(NC(=O)N1CCS(=O)(=O)CC1c1cnn(C)c1)C1CC1. The number of ether oxygens (including phenoxy) is 1. The highest BCUT2D eigenvalue weighted by Crippen LogP contribution is 2.33. The van der Waals surface area contributed by atoms with Crippen LogP contribution in [0.15, 0.2) is 12.4 Å². The summed E-state index contributed by atoms with van der Waals surface area (Å²) in [6.45, 7) is 0.665. The molecular weight excluding hydrogens is 332 g/mol. The van der Waals surface area contributed by atoms with E-state index < -0.39 is 15.9 Å². The summed E-state index contributed by atoms with van der Waals surface area (Å²) in [5.74, 6) is 0.388. The van der Waals surface area contributed by atoms with Crippen LogP contribution in [0.4, 0.5) is 4.79 Å². The van der Waals surface area contributed by atoms with Crippen LogP contribution in [0.2, 0.25) is 0 Å². The highest BCUT2D eigenvalue weighted by molar-refractivity contribution is 7.91. The number of hydrogen-bond acceptors (Lipinski definition) is 5. The standard InChI is InChI=1S/C15H24N4O4S/c1-18-8-12(7-16-18)14-10-24(21,22)6-5-19(14)15(20)17-13(9-23-2)11-3-4-11/h7-8,11,13-14H,3-6,9-10H2,1-2H3,(H,17,20). The zero-order valence-corrected chi connectivity index (χ0v) is 14.8. The molecule has 1 saturated heterocycles. The normalized spacial score (nSPS) is 24.6. The maximum Gasteiger partial charge on any atom is 0.318 e. The Morgan fingerprint density at radius 2 is 2.25 bits per heavy atom. The van der Waals surface area contributed by atoms with E-state index in [4.69, 9.17) is 4.74 Å². The predicted molar refractivity (Wildman–Crippen MR) is 88.2 cm³/mol. The van der Waals surface area contributed by atoms with Crippen molar-refractivity contribution in [1.82, 2.24) is 20.0 Å². The van der Waals surface area contributed by atoms with Gasteiger partial charge in [0.15, 0.2) is 9.84 Å². The Bertz CT molecular complexity index is 698.